The molecule has 0 aliphatic rings. The van der Waals surface area contributed by atoms with E-state index in [-0.39, 0.29) is 16.4 Å². The third-order valence-electron chi connectivity index (χ3n) is 4.92. The molecule has 0 aliphatic carbocycles. The number of fused-ring (bicyclic) bond motifs is 1. The van der Waals surface area contributed by atoms with Crippen LogP contribution in [-0.2, 0) is 16.0 Å². The van der Waals surface area contributed by atoms with Gasteiger partial charge in [-0.2, -0.15) is 0 Å². The SMILES string of the molecule is CCCCc1cc(=O)oc2cc(OC(=O)[C@H](NC(=O)OC(C)(C)C)c3ccccc3)c(Cl)cc12. The Hall–Kier alpha value is -3.32. The Morgan fingerprint density at radius 3 is 2.47 bits per heavy atom. The lowest BCUT2D eigenvalue weighted by Gasteiger charge is -2.23. The number of ether oxygens (including phenoxy) is 2. The minimum Gasteiger partial charge on any atom is -0.444 e. The topological polar surface area (TPSA) is 94.8 Å². The number of esters is 1. The lowest BCUT2D eigenvalue weighted by molar-refractivity contribution is -0.137. The first kappa shape index (κ1) is 25.3. The van der Waals surface area contributed by atoms with Gasteiger partial charge < -0.3 is 19.2 Å². The minimum atomic E-state index is -1.15. The number of carbonyl (C=O) groups is 2. The van der Waals surface area contributed by atoms with Crippen molar-refractivity contribution >= 4 is 34.6 Å². The van der Waals surface area contributed by atoms with Crippen LogP contribution in [0.2, 0.25) is 5.02 Å². The number of hydrogen-bond acceptors (Lipinski definition) is 6. The summed E-state index contributed by atoms with van der Waals surface area (Å²) in [5.41, 5.74) is 0.351. The fourth-order valence-corrected chi connectivity index (χ4v) is 3.60. The summed E-state index contributed by atoms with van der Waals surface area (Å²) >= 11 is 6.43. The van der Waals surface area contributed by atoms with Crippen molar-refractivity contribution in [1.29, 1.82) is 0 Å². The number of hydrogen-bond donors (Lipinski definition) is 1. The predicted octanol–water partition coefficient (Wildman–Crippen LogP) is 5.96. The highest BCUT2D eigenvalue weighted by atomic mass is 35.5. The van der Waals surface area contributed by atoms with Crippen molar-refractivity contribution in [3.63, 3.8) is 0 Å². The first-order valence-electron chi connectivity index (χ1n) is 11.1. The highest BCUT2D eigenvalue weighted by molar-refractivity contribution is 6.33. The van der Waals surface area contributed by atoms with E-state index in [0.29, 0.717) is 17.4 Å². The zero-order valence-electron chi connectivity index (χ0n) is 19.6. The van der Waals surface area contributed by atoms with Gasteiger partial charge in [0.25, 0.3) is 0 Å². The second kappa shape index (κ2) is 10.7. The van der Waals surface area contributed by atoms with Crippen molar-refractivity contribution in [3.05, 3.63) is 75.1 Å². The Balaban J connectivity index is 1.92. The summed E-state index contributed by atoms with van der Waals surface area (Å²) in [5, 5.41) is 3.42. The number of benzene rings is 2. The molecule has 0 saturated carbocycles. The van der Waals surface area contributed by atoms with E-state index in [4.69, 9.17) is 25.5 Å². The normalized spacial score (nSPS) is 12.3. The van der Waals surface area contributed by atoms with Crippen LogP contribution < -0.4 is 15.7 Å². The molecule has 1 atom stereocenters. The summed E-state index contributed by atoms with van der Waals surface area (Å²) in [6.45, 7) is 7.23. The van der Waals surface area contributed by atoms with Gasteiger partial charge in [0, 0.05) is 17.5 Å². The molecule has 1 N–H and O–H groups in total. The van der Waals surface area contributed by atoms with E-state index in [1.807, 2.05) is 0 Å². The summed E-state index contributed by atoms with van der Waals surface area (Å²) < 4.78 is 16.2. The van der Waals surface area contributed by atoms with Gasteiger partial charge in [0.2, 0.25) is 0 Å². The Morgan fingerprint density at radius 2 is 1.82 bits per heavy atom. The zero-order valence-corrected chi connectivity index (χ0v) is 20.4. The van der Waals surface area contributed by atoms with Crippen LogP contribution in [0.5, 0.6) is 5.75 Å². The number of amides is 1. The van der Waals surface area contributed by atoms with Gasteiger partial charge in [0.15, 0.2) is 11.8 Å². The fraction of sp³-hybridized carbons (Fsp3) is 0.346. The summed E-state index contributed by atoms with van der Waals surface area (Å²) in [4.78, 5) is 37.6. The second-order valence-electron chi connectivity index (χ2n) is 8.88. The number of aryl methyl sites for hydroxylation is 1. The standard InChI is InChI=1S/C26H28ClNO6/c1-5-6-10-17-13-22(29)32-20-15-21(19(27)14-18(17)20)33-24(30)23(16-11-8-7-9-12-16)28-25(31)34-26(2,3)4/h7-9,11-15,23H,5-6,10H2,1-4H3,(H,28,31)/t23-/m1/s1. The van der Waals surface area contributed by atoms with Gasteiger partial charge in [0.1, 0.15) is 11.2 Å². The molecule has 0 unspecified atom stereocenters. The van der Waals surface area contributed by atoms with E-state index in [0.717, 1.165) is 18.4 Å². The van der Waals surface area contributed by atoms with E-state index in [9.17, 15) is 14.4 Å². The maximum Gasteiger partial charge on any atom is 0.408 e. The Kier molecular flexibility index (Phi) is 7.99. The minimum absolute atomic E-state index is 0.0156. The van der Waals surface area contributed by atoms with E-state index in [1.54, 1.807) is 57.2 Å². The van der Waals surface area contributed by atoms with Gasteiger partial charge in [-0.1, -0.05) is 55.3 Å². The number of halogens is 1. The smallest absolute Gasteiger partial charge is 0.408 e. The van der Waals surface area contributed by atoms with Gasteiger partial charge in [-0.25, -0.2) is 14.4 Å². The Bertz CT molecular complexity index is 1230. The molecule has 0 radical (unpaired) electrons. The number of nitrogens with one attached hydrogen (secondary N) is 1. The molecule has 8 heteroatoms. The molecule has 3 rings (SSSR count). The van der Waals surface area contributed by atoms with Gasteiger partial charge in [0.05, 0.1) is 5.02 Å². The molecular formula is C26H28ClNO6. The molecule has 0 aliphatic heterocycles. The molecule has 0 fully saturated rings. The molecule has 7 nitrogen and oxygen atoms in total. The van der Waals surface area contributed by atoms with Gasteiger partial charge in [-0.05, 0) is 50.8 Å². The van der Waals surface area contributed by atoms with Crippen molar-refractivity contribution in [2.24, 2.45) is 0 Å². The third kappa shape index (κ3) is 6.60. The summed E-state index contributed by atoms with van der Waals surface area (Å²) in [7, 11) is 0. The molecule has 180 valence electrons. The lowest BCUT2D eigenvalue weighted by Crippen LogP contribution is -2.39. The van der Waals surface area contributed by atoms with Crippen molar-refractivity contribution in [2.45, 2.75) is 58.6 Å². The van der Waals surface area contributed by atoms with Crippen LogP contribution in [0.25, 0.3) is 11.0 Å². The first-order chi connectivity index (χ1) is 16.1. The number of alkyl carbamates (subject to hydrolysis) is 1. The molecule has 1 amide bonds. The molecule has 2 aromatic carbocycles. The molecule has 0 spiro atoms. The summed E-state index contributed by atoms with van der Waals surface area (Å²) in [6, 6.07) is 12.0. The lowest BCUT2D eigenvalue weighted by atomic mass is 10.0. The molecular weight excluding hydrogens is 458 g/mol. The fourth-order valence-electron chi connectivity index (χ4n) is 3.40. The highest BCUT2D eigenvalue weighted by Crippen LogP contribution is 2.32. The summed E-state index contributed by atoms with van der Waals surface area (Å²) in [5.74, 6) is -0.760. The van der Waals surface area contributed by atoms with Crippen LogP contribution in [0.1, 0.15) is 57.7 Å². The molecule has 1 aromatic heterocycles. The van der Waals surface area contributed by atoms with Crippen LogP contribution in [0.15, 0.2) is 57.7 Å². The van der Waals surface area contributed by atoms with Gasteiger partial charge >= 0.3 is 17.7 Å². The van der Waals surface area contributed by atoms with Crippen LogP contribution in [0.4, 0.5) is 4.79 Å². The summed E-state index contributed by atoms with van der Waals surface area (Å²) in [6.07, 6.45) is 1.80. The largest absolute Gasteiger partial charge is 0.444 e. The van der Waals surface area contributed by atoms with Crippen LogP contribution in [-0.4, -0.2) is 17.7 Å². The van der Waals surface area contributed by atoms with E-state index in [2.05, 4.69) is 12.2 Å². The second-order valence-corrected chi connectivity index (χ2v) is 9.29. The molecule has 0 saturated heterocycles. The molecule has 0 bridgehead atoms. The van der Waals surface area contributed by atoms with Crippen molar-refractivity contribution in [3.8, 4) is 5.75 Å². The van der Waals surface area contributed by atoms with Crippen molar-refractivity contribution in [2.75, 3.05) is 0 Å². The van der Waals surface area contributed by atoms with E-state index < -0.39 is 29.3 Å². The maximum atomic E-state index is 13.1. The average Bonchev–Trinajstić information content (AvgIpc) is 2.76. The molecule has 1 heterocycles. The average molecular weight is 486 g/mol. The molecule has 3 aromatic rings. The highest BCUT2D eigenvalue weighted by Gasteiger charge is 2.28. The number of carbonyl (C=O) groups excluding carboxylic acids is 2. The monoisotopic (exact) mass is 485 g/mol. The first-order valence-corrected chi connectivity index (χ1v) is 11.5. The third-order valence-corrected chi connectivity index (χ3v) is 5.22. The number of rotatable bonds is 7. The van der Waals surface area contributed by atoms with Gasteiger partial charge in [-0.15, -0.1) is 0 Å². The van der Waals surface area contributed by atoms with E-state index >= 15 is 0 Å². The van der Waals surface area contributed by atoms with Crippen LogP contribution >= 0.6 is 11.6 Å². The zero-order chi connectivity index (χ0) is 24.9. The predicted molar refractivity (Wildman–Crippen MR) is 130 cm³/mol. The van der Waals surface area contributed by atoms with Crippen molar-refractivity contribution < 1.29 is 23.5 Å². The van der Waals surface area contributed by atoms with Crippen molar-refractivity contribution in [1.82, 2.24) is 5.32 Å². The molecule has 34 heavy (non-hydrogen) atoms. The maximum absolute atomic E-state index is 13.1. The Labute approximate surface area is 203 Å². The van der Waals surface area contributed by atoms with Gasteiger partial charge in [-0.3, -0.25) is 0 Å². The Morgan fingerprint density at radius 1 is 1.12 bits per heavy atom. The van der Waals surface area contributed by atoms with Crippen LogP contribution in [0, 0.1) is 0 Å². The van der Waals surface area contributed by atoms with Crippen LogP contribution in [0.3, 0.4) is 0 Å². The quantitative estimate of drug-likeness (QED) is 0.252. The number of unbranched alkanes of at least 4 members (excludes halogenated alkanes) is 1. The van der Waals surface area contributed by atoms with E-state index in [1.165, 1.54) is 12.1 Å².